The molecule has 6 nitrogen and oxygen atoms in total. The van der Waals surface area contributed by atoms with Gasteiger partial charge >= 0.3 is 6.09 Å². The minimum absolute atomic E-state index is 0.0307. The lowest BCUT2D eigenvalue weighted by Gasteiger charge is -2.31. The summed E-state index contributed by atoms with van der Waals surface area (Å²) >= 11 is 0. The van der Waals surface area contributed by atoms with Crippen LogP contribution in [0, 0.1) is 5.92 Å². The van der Waals surface area contributed by atoms with Crippen LogP contribution >= 0.6 is 0 Å². The van der Waals surface area contributed by atoms with Crippen molar-refractivity contribution >= 4 is 12.0 Å². The summed E-state index contributed by atoms with van der Waals surface area (Å²) < 4.78 is 0. The van der Waals surface area contributed by atoms with Crippen molar-refractivity contribution in [1.29, 1.82) is 0 Å². The molecule has 1 fully saturated rings. The topological polar surface area (TPSA) is 64.1 Å². The Labute approximate surface area is 121 Å². The van der Waals surface area contributed by atoms with E-state index in [4.69, 9.17) is 0 Å². The molecule has 1 aliphatic rings. The summed E-state index contributed by atoms with van der Waals surface area (Å²) in [4.78, 5) is 28.7. The highest BCUT2D eigenvalue weighted by atomic mass is 16.4. The monoisotopic (exact) mass is 285 g/mol. The van der Waals surface area contributed by atoms with Gasteiger partial charge in [0.1, 0.15) is 0 Å². The van der Waals surface area contributed by atoms with Crippen LogP contribution in [-0.2, 0) is 4.79 Å². The molecule has 1 rings (SSSR count). The van der Waals surface area contributed by atoms with Crippen molar-refractivity contribution in [2.24, 2.45) is 5.92 Å². The molecule has 1 aliphatic heterocycles. The van der Waals surface area contributed by atoms with E-state index in [-0.39, 0.29) is 17.9 Å². The van der Waals surface area contributed by atoms with Crippen LogP contribution in [0.3, 0.4) is 0 Å². The number of hydrogen-bond donors (Lipinski definition) is 1. The predicted octanol–water partition coefficient (Wildman–Crippen LogP) is 1.18. The number of amides is 2. The van der Waals surface area contributed by atoms with Crippen LogP contribution in [0.5, 0.6) is 0 Å². The van der Waals surface area contributed by atoms with Gasteiger partial charge in [-0.05, 0) is 26.9 Å². The second-order valence-corrected chi connectivity index (χ2v) is 6.01. The number of likely N-dealkylation sites (tertiary alicyclic amines) is 1. The van der Waals surface area contributed by atoms with Gasteiger partial charge in [0.2, 0.25) is 5.91 Å². The van der Waals surface area contributed by atoms with Crippen LogP contribution in [0.15, 0.2) is 0 Å². The Morgan fingerprint density at radius 3 is 2.45 bits per heavy atom. The van der Waals surface area contributed by atoms with E-state index >= 15 is 0 Å². The number of carbonyl (C=O) groups is 2. The highest BCUT2D eigenvalue weighted by Crippen LogP contribution is 2.20. The van der Waals surface area contributed by atoms with Crippen LogP contribution in [-0.4, -0.2) is 78.1 Å². The van der Waals surface area contributed by atoms with Gasteiger partial charge < -0.3 is 19.8 Å². The number of hydrogen-bond acceptors (Lipinski definition) is 3. The number of likely N-dealkylation sites (N-methyl/N-ethyl adjacent to an activating group) is 1. The first-order valence-corrected chi connectivity index (χ1v) is 7.26. The van der Waals surface area contributed by atoms with Gasteiger partial charge in [-0.15, -0.1) is 0 Å². The zero-order valence-electron chi connectivity index (χ0n) is 13.0. The van der Waals surface area contributed by atoms with Crippen molar-refractivity contribution in [3.8, 4) is 0 Å². The summed E-state index contributed by atoms with van der Waals surface area (Å²) in [7, 11) is 3.84. The van der Waals surface area contributed by atoms with Crippen LogP contribution < -0.4 is 0 Å². The van der Waals surface area contributed by atoms with Crippen molar-refractivity contribution in [1.82, 2.24) is 14.7 Å². The fraction of sp³-hybridized carbons (Fsp3) is 0.857. The van der Waals surface area contributed by atoms with E-state index in [9.17, 15) is 14.7 Å². The molecule has 0 aromatic carbocycles. The van der Waals surface area contributed by atoms with Crippen LogP contribution in [0.25, 0.3) is 0 Å². The molecule has 1 N–H and O–H groups in total. The summed E-state index contributed by atoms with van der Waals surface area (Å²) in [5, 5.41) is 9.28. The molecule has 0 saturated carbocycles. The average Bonchev–Trinajstić information content (AvgIpc) is 2.80. The van der Waals surface area contributed by atoms with Gasteiger partial charge in [0.15, 0.2) is 0 Å². The lowest BCUT2D eigenvalue weighted by atomic mass is 10.1. The quantitative estimate of drug-likeness (QED) is 0.796. The van der Waals surface area contributed by atoms with Crippen molar-refractivity contribution in [3.63, 3.8) is 0 Å². The largest absolute Gasteiger partial charge is 0.465 e. The summed E-state index contributed by atoms with van der Waals surface area (Å²) in [5.74, 6) is 0.0982. The van der Waals surface area contributed by atoms with Crippen LogP contribution in [0.2, 0.25) is 0 Å². The highest BCUT2D eigenvalue weighted by Gasteiger charge is 2.32. The van der Waals surface area contributed by atoms with E-state index in [1.807, 2.05) is 37.7 Å². The van der Waals surface area contributed by atoms with E-state index < -0.39 is 6.09 Å². The van der Waals surface area contributed by atoms with Gasteiger partial charge in [-0.3, -0.25) is 4.79 Å². The molecule has 6 heteroatoms. The Morgan fingerprint density at radius 2 is 1.95 bits per heavy atom. The molecule has 0 spiro atoms. The van der Waals surface area contributed by atoms with Gasteiger partial charge in [0, 0.05) is 38.1 Å². The van der Waals surface area contributed by atoms with E-state index in [0.717, 1.165) is 19.4 Å². The normalized spacial score (nSPS) is 18.9. The van der Waals surface area contributed by atoms with Gasteiger partial charge in [0.05, 0.1) is 0 Å². The van der Waals surface area contributed by atoms with Gasteiger partial charge in [-0.2, -0.15) is 0 Å². The molecule has 2 amide bonds. The van der Waals surface area contributed by atoms with E-state index in [1.165, 1.54) is 4.90 Å². The first-order valence-electron chi connectivity index (χ1n) is 7.26. The minimum atomic E-state index is -0.907. The number of rotatable bonds is 6. The van der Waals surface area contributed by atoms with E-state index in [1.54, 1.807) is 0 Å². The maximum Gasteiger partial charge on any atom is 0.407 e. The molecular weight excluding hydrogens is 258 g/mol. The molecule has 1 heterocycles. The Balaban J connectivity index is 2.62. The van der Waals surface area contributed by atoms with Gasteiger partial charge in [0.25, 0.3) is 0 Å². The number of carboxylic acid groups (broad SMARTS) is 1. The molecule has 1 unspecified atom stereocenters. The molecule has 0 bridgehead atoms. The van der Waals surface area contributed by atoms with Crippen molar-refractivity contribution in [3.05, 3.63) is 0 Å². The average molecular weight is 285 g/mol. The van der Waals surface area contributed by atoms with Crippen molar-refractivity contribution in [2.75, 3.05) is 40.3 Å². The number of nitrogens with zero attached hydrogens (tertiary/aromatic N) is 3. The van der Waals surface area contributed by atoms with Gasteiger partial charge in [-0.1, -0.05) is 13.8 Å². The predicted molar refractivity (Wildman–Crippen MR) is 77.7 cm³/mol. The molecular formula is C14H27N3O3. The minimum Gasteiger partial charge on any atom is -0.465 e. The molecule has 0 radical (unpaired) electrons. The zero-order chi connectivity index (χ0) is 15.3. The molecule has 116 valence electrons. The third kappa shape index (κ3) is 4.67. The molecule has 1 atom stereocenters. The summed E-state index contributed by atoms with van der Waals surface area (Å²) in [5.41, 5.74) is 0. The fourth-order valence-corrected chi connectivity index (χ4v) is 2.49. The highest BCUT2D eigenvalue weighted by molar-refractivity contribution is 5.78. The fourth-order valence-electron chi connectivity index (χ4n) is 2.49. The summed E-state index contributed by atoms with van der Waals surface area (Å²) in [6, 6.07) is 0.0307. The Morgan fingerprint density at radius 1 is 1.30 bits per heavy atom. The molecule has 0 aliphatic carbocycles. The Bertz CT molecular complexity index is 345. The van der Waals surface area contributed by atoms with Crippen LogP contribution in [0.4, 0.5) is 4.79 Å². The molecule has 0 aromatic heterocycles. The zero-order valence-corrected chi connectivity index (χ0v) is 13.0. The smallest absolute Gasteiger partial charge is 0.407 e. The summed E-state index contributed by atoms with van der Waals surface area (Å²) in [6.45, 7) is 6.11. The van der Waals surface area contributed by atoms with Gasteiger partial charge in [-0.25, -0.2) is 4.79 Å². The Hall–Kier alpha value is -1.30. The maximum atomic E-state index is 12.1. The lowest BCUT2D eigenvalue weighted by molar-refractivity contribution is -0.135. The second kappa shape index (κ2) is 7.47. The van der Waals surface area contributed by atoms with Crippen LogP contribution in [0.1, 0.15) is 26.7 Å². The molecule has 20 heavy (non-hydrogen) atoms. The molecule has 1 saturated heterocycles. The first-order chi connectivity index (χ1) is 9.32. The first kappa shape index (κ1) is 16.8. The maximum absolute atomic E-state index is 12.1. The second-order valence-electron chi connectivity index (χ2n) is 6.01. The lowest BCUT2D eigenvalue weighted by Crippen LogP contribution is -2.47. The molecule has 0 aromatic rings. The number of carbonyl (C=O) groups excluding carboxylic acids is 1. The third-order valence-corrected chi connectivity index (χ3v) is 3.67. The van der Waals surface area contributed by atoms with E-state index in [2.05, 4.69) is 0 Å². The SMILES string of the molecule is CC(C)C(=O)N1CCCC1CN(CCN(C)C)C(=O)O. The van der Waals surface area contributed by atoms with Crippen molar-refractivity contribution in [2.45, 2.75) is 32.7 Å². The summed E-state index contributed by atoms with van der Waals surface area (Å²) in [6.07, 6.45) is 0.949. The Kier molecular flexibility index (Phi) is 6.26. The van der Waals surface area contributed by atoms with E-state index in [0.29, 0.717) is 19.6 Å². The van der Waals surface area contributed by atoms with Crippen molar-refractivity contribution < 1.29 is 14.7 Å². The standard InChI is InChI=1S/C14H27N3O3/c1-11(2)13(18)17-7-5-6-12(17)10-16(14(19)20)9-8-15(3)4/h11-12H,5-10H2,1-4H3,(H,19,20). The third-order valence-electron chi connectivity index (χ3n) is 3.67.